The average Bonchev–Trinajstić information content (AvgIpc) is 3.09. The van der Waals surface area contributed by atoms with Gasteiger partial charge in [0.15, 0.2) is 0 Å². The van der Waals surface area contributed by atoms with Crippen molar-refractivity contribution in [1.29, 1.82) is 5.26 Å². The van der Waals surface area contributed by atoms with E-state index in [1.165, 1.54) is 12.1 Å². The highest BCUT2D eigenvalue weighted by Gasteiger charge is 2.07. The van der Waals surface area contributed by atoms with E-state index < -0.39 is 5.63 Å². The molecule has 29 heavy (non-hydrogen) atoms. The monoisotopic (exact) mass is 383 g/mol. The number of fused-ring (bicyclic) bond motifs is 2. The molecular formula is C23H17N3O3. The SMILES string of the molecule is N#CCCn1cc(/C=C/C(=O)Nc2ccc3oc(=O)ccc3c2)c2ccccc21. The summed E-state index contributed by atoms with van der Waals surface area (Å²) < 4.78 is 7.11. The van der Waals surface area contributed by atoms with Gasteiger partial charge in [-0.25, -0.2) is 4.79 Å². The predicted molar refractivity (Wildman–Crippen MR) is 112 cm³/mol. The Morgan fingerprint density at radius 1 is 1.17 bits per heavy atom. The van der Waals surface area contributed by atoms with Crippen LogP contribution in [0.15, 0.2) is 76.1 Å². The molecule has 0 spiro atoms. The summed E-state index contributed by atoms with van der Waals surface area (Å²) >= 11 is 0. The summed E-state index contributed by atoms with van der Waals surface area (Å²) in [5.41, 5.74) is 2.60. The Balaban J connectivity index is 1.55. The Kier molecular flexibility index (Phi) is 4.95. The molecule has 0 aliphatic rings. The van der Waals surface area contributed by atoms with Gasteiger partial charge in [0.25, 0.3) is 0 Å². The van der Waals surface area contributed by atoms with Gasteiger partial charge >= 0.3 is 5.63 Å². The molecule has 0 aliphatic heterocycles. The third-order valence-corrected chi connectivity index (χ3v) is 4.59. The second kappa shape index (κ2) is 7.87. The van der Waals surface area contributed by atoms with Crippen molar-refractivity contribution in [2.75, 3.05) is 5.32 Å². The lowest BCUT2D eigenvalue weighted by atomic mass is 10.1. The van der Waals surface area contributed by atoms with Crippen LogP contribution in [0.1, 0.15) is 12.0 Å². The molecule has 2 aromatic heterocycles. The van der Waals surface area contributed by atoms with Gasteiger partial charge in [0.1, 0.15) is 5.58 Å². The van der Waals surface area contributed by atoms with E-state index in [1.807, 2.05) is 35.0 Å². The molecule has 4 aromatic rings. The molecule has 2 aromatic carbocycles. The molecule has 0 aliphatic carbocycles. The molecule has 0 bridgehead atoms. The normalized spacial score (nSPS) is 11.1. The quantitative estimate of drug-likeness (QED) is 0.411. The molecule has 6 heteroatoms. The van der Waals surface area contributed by atoms with Crippen molar-refractivity contribution in [2.24, 2.45) is 0 Å². The van der Waals surface area contributed by atoms with Crippen molar-refractivity contribution in [2.45, 2.75) is 13.0 Å². The number of carbonyl (C=O) groups is 1. The van der Waals surface area contributed by atoms with E-state index in [2.05, 4.69) is 11.4 Å². The van der Waals surface area contributed by atoms with Crippen molar-refractivity contribution >= 4 is 39.5 Å². The fourth-order valence-electron chi connectivity index (χ4n) is 3.26. The van der Waals surface area contributed by atoms with E-state index in [4.69, 9.17) is 9.68 Å². The van der Waals surface area contributed by atoms with Crippen LogP contribution in [0.25, 0.3) is 27.9 Å². The number of rotatable bonds is 5. The van der Waals surface area contributed by atoms with E-state index in [0.717, 1.165) is 21.9 Å². The number of nitrogens with one attached hydrogen (secondary N) is 1. The van der Waals surface area contributed by atoms with Crippen LogP contribution < -0.4 is 10.9 Å². The second-order valence-corrected chi connectivity index (χ2v) is 6.53. The minimum absolute atomic E-state index is 0.268. The zero-order chi connectivity index (χ0) is 20.2. The highest BCUT2D eigenvalue weighted by Crippen LogP contribution is 2.23. The lowest BCUT2D eigenvalue weighted by molar-refractivity contribution is -0.111. The summed E-state index contributed by atoms with van der Waals surface area (Å²) in [6.07, 6.45) is 5.61. The number of hydrogen-bond acceptors (Lipinski definition) is 4. The molecule has 0 fully saturated rings. The molecule has 0 unspecified atom stereocenters. The number of hydrogen-bond donors (Lipinski definition) is 1. The van der Waals surface area contributed by atoms with Crippen molar-refractivity contribution < 1.29 is 9.21 Å². The van der Waals surface area contributed by atoms with Gasteiger partial charge in [0, 0.05) is 52.4 Å². The second-order valence-electron chi connectivity index (χ2n) is 6.53. The van der Waals surface area contributed by atoms with Crippen LogP contribution in [0.4, 0.5) is 5.69 Å². The molecule has 1 amide bonds. The van der Waals surface area contributed by atoms with Gasteiger partial charge in [-0.15, -0.1) is 0 Å². The number of amides is 1. The summed E-state index contributed by atoms with van der Waals surface area (Å²) in [6.45, 7) is 0.601. The number of carbonyl (C=O) groups excluding carboxylic acids is 1. The summed E-state index contributed by atoms with van der Waals surface area (Å²) in [6, 6.07) is 18.1. The Hall–Kier alpha value is -4.11. The lowest BCUT2D eigenvalue weighted by Crippen LogP contribution is -2.07. The molecule has 2 heterocycles. The standard InChI is InChI=1S/C23H17N3O3/c24-12-3-13-26-15-17(19-4-1-2-5-20(19)26)6-10-22(27)25-18-8-9-21-16(14-18)7-11-23(28)29-21/h1-2,4-11,14-15H,3,13H2,(H,25,27)/b10-6+. The predicted octanol–water partition coefficient (Wildman–Crippen LogP) is 4.31. The van der Waals surface area contributed by atoms with E-state index in [0.29, 0.717) is 24.2 Å². The molecule has 0 atom stereocenters. The molecule has 4 rings (SSSR count). The number of para-hydroxylation sites is 1. The van der Waals surface area contributed by atoms with Crippen LogP contribution in [-0.4, -0.2) is 10.5 Å². The van der Waals surface area contributed by atoms with Crippen molar-refractivity contribution in [3.63, 3.8) is 0 Å². The Morgan fingerprint density at radius 2 is 2.03 bits per heavy atom. The molecule has 0 saturated carbocycles. The number of nitrogens with zero attached hydrogens (tertiary/aromatic N) is 2. The Labute approximate surface area is 166 Å². The maximum atomic E-state index is 12.4. The fraction of sp³-hybridized carbons (Fsp3) is 0.0870. The molecular weight excluding hydrogens is 366 g/mol. The minimum atomic E-state index is -0.411. The first-order chi connectivity index (χ1) is 14.1. The van der Waals surface area contributed by atoms with E-state index in [9.17, 15) is 9.59 Å². The van der Waals surface area contributed by atoms with Gasteiger partial charge in [-0.2, -0.15) is 5.26 Å². The van der Waals surface area contributed by atoms with Crippen LogP contribution in [0, 0.1) is 11.3 Å². The van der Waals surface area contributed by atoms with Crippen LogP contribution in [0.5, 0.6) is 0 Å². The van der Waals surface area contributed by atoms with Gasteiger partial charge < -0.3 is 14.3 Å². The third kappa shape index (κ3) is 3.94. The van der Waals surface area contributed by atoms with E-state index >= 15 is 0 Å². The van der Waals surface area contributed by atoms with Gasteiger partial charge in [-0.1, -0.05) is 18.2 Å². The number of aryl methyl sites for hydroxylation is 1. The zero-order valence-corrected chi connectivity index (χ0v) is 15.5. The van der Waals surface area contributed by atoms with E-state index in [-0.39, 0.29) is 5.91 Å². The Morgan fingerprint density at radius 3 is 2.90 bits per heavy atom. The van der Waals surface area contributed by atoms with Gasteiger partial charge in [-0.3, -0.25) is 4.79 Å². The summed E-state index contributed by atoms with van der Waals surface area (Å²) in [7, 11) is 0. The molecule has 0 saturated heterocycles. The average molecular weight is 383 g/mol. The van der Waals surface area contributed by atoms with Crippen LogP contribution in [-0.2, 0) is 11.3 Å². The topological polar surface area (TPSA) is 88.0 Å². The third-order valence-electron chi connectivity index (χ3n) is 4.59. The highest BCUT2D eigenvalue weighted by molar-refractivity contribution is 6.04. The fourth-order valence-corrected chi connectivity index (χ4v) is 3.26. The molecule has 0 radical (unpaired) electrons. The van der Waals surface area contributed by atoms with Gasteiger partial charge in [-0.05, 0) is 36.4 Å². The number of benzene rings is 2. The highest BCUT2D eigenvalue weighted by atomic mass is 16.4. The first kappa shape index (κ1) is 18.3. The number of nitriles is 1. The van der Waals surface area contributed by atoms with Crippen LogP contribution in [0.3, 0.4) is 0 Å². The Bertz CT molecular complexity index is 1340. The number of aromatic nitrogens is 1. The smallest absolute Gasteiger partial charge is 0.336 e. The van der Waals surface area contributed by atoms with E-state index in [1.54, 1.807) is 30.3 Å². The lowest BCUT2D eigenvalue weighted by Gasteiger charge is -2.03. The summed E-state index contributed by atoms with van der Waals surface area (Å²) in [5.74, 6) is -0.268. The maximum absolute atomic E-state index is 12.4. The van der Waals surface area contributed by atoms with Crippen LogP contribution >= 0.6 is 0 Å². The first-order valence-corrected chi connectivity index (χ1v) is 9.12. The molecule has 1 N–H and O–H groups in total. The summed E-state index contributed by atoms with van der Waals surface area (Å²) in [4.78, 5) is 23.6. The molecule has 142 valence electrons. The summed E-state index contributed by atoms with van der Waals surface area (Å²) in [5, 5.41) is 13.4. The van der Waals surface area contributed by atoms with Gasteiger partial charge in [0.05, 0.1) is 12.5 Å². The minimum Gasteiger partial charge on any atom is -0.423 e. The molecule has 6 nitrogen and oxygen atoms in total. The van der Waals surface area contributed by atoms with Crippen molar-refractivity contribution in [1.82, 2.24) is 4.57 Å². The van der Waals surface area contributed by atoms with Crippen molar-refractivity contribution in [3.05, 3.63) is 82.9 Å². The maximum Gasteiger partial charge on any atom is 0.336 e. The number of anilines is 1. The van der Waals surface area contributed by atoms with Gasteiger partial charge in [0.2, 0.25) is 5.91 Å². The largest absolute Gasteiger partial charge is 0.423 e. The van der Waals surface area contributed by atoms with Crippen molar-refractivity contribution in [3.8, 4) is 6.07 Å². The zero-order valence-electron chi connectivity index (χ0n) is 15.5. The first-order valence-electron chi connectivity index (χ1n) is 9.12. The van der Waals surface area contributed by atoms with Crippen LogP contribution in [0.2, 0.25) is 0 Å².